The van der Waals surface area contributed by atoms with Crippen molar-refractivity contribution >= 4 is 0 Å². The van der Waals surface area contributed by atoms with Crippen molar-refractivity contribution in [3.05, 3.63) is 48.5 Å². The Kier molecular flexibility index (Phi) is 3.34. The second-order valence-corrected chi connectivity index (χ2v) is 5.58. The molecule has 4 nitrogen and oxygen atoms in total. The van der Waals surface area contributed by atoms with Crippen molar-refractivity contribution in [2.75, 3.05) is 20.1 Å². The highest BCUT2D eigenvalue weighted by Gasteiger charge is 2.35. The molecule has 100 valence electrons. The van der Waals surface area contributed by atoms with Crippen LogP contribution in [0.3, 0.4) is 0 Å². The first-order valence-electron chi connectivity index (χ1n) is 6.85. The summed E-state index contributed by atoms with van der Waals surface area (Å²) in [5.41, 5.74) is 1.66. The van der Waals surface area contributed by atoms with Crippen LogP contribution in [0.1, 0.15) is 18.4 Å². The molecule has 0 saturated carbocycles. The van der Waals surface area contributed by atoms with Crippen molar-refractivity contribution in [2.24, 2.45) is 0 Å². The summed E-state index contributed by atoms with van der Waals surface area (Å²) in [6.07, 6.45) is 6.02. The Hall–Kier alpha value is -1.68. The van der Waals surface area contributed by atoms with Crippen LogP contribution in [-0.4, -0.2) is 39.8 Å². The van der Waals surface area contributed by atoms with Crippen molar-refractivity contribution in [1.82, 2.24) is 19.7 Å². The van der Waals surface area contributed by atoms with Gasteiger partial charge in [-0.2, -0.15) is 0 Å². The van der Waals surface area contributed by atoms with E-state index in [1.54, 1.807) is 0 Å². The third-order valence-electron chi connectivity index (χ3n) is 4.28. The maximum atomic E-state index is 3.93. The number of benzene rings is 1. The molecule has 1 aromatic carbocycles. The van der Waals surface area contributed by atoms with E-state index >= 15 is 0 Å². The van der Waals surface area contributed by atoms with Crippen LogP contribution in [0.2, 0.25) is 0 Å². The maximum Gasteiger partial charge on any atom is 0.119 e. The van der Waals surface area contributed by atoms with E-state index in [-0.39, 0.29) is 5.41 Å². The number of rotatable bonds is 3. The standard InChI is InChI=1S/C15H20N4/c1-18-9-7-15(8-10-18,11-19-12-16-17-13-19)14-5-3-2-4-6-14/h2-6,12-13H,7-11H2,1H3. The van der Waals surface area contributed by atoms with Crippen LogP contribution in [0.15, 0.2) is 43.0 Å². The molecule has 0 atom stereocenters. The van der Waals surface area contributed by atoms with Gasteiger partial charge in [-0.3, -0.25) is 0 Å². The maximum absolute atomic E-state index is 3.93. The molecule has 2 heterocycles. The Morgan fingerprint density at radius 3 is 2.32 bits per heavy atom. The molecule has 1 aliphatic heterocycles. The molecule has 1 saturated heterocycles. The number of aromatic nitrogens is 3. The Labute approximate surface area is 114 Å². The molecule has 1 aromatic heterocycles. The fourth-order valence-electron chi connectivity index (χ4n) is 3.03. The van der Waals surface area contributed by atoms with Gasteiger partial charge in [0.25, 0.3) is 0 Å². The van der Waals surface area contributed by atoms with Gasteiger partial charge in [-0.05, 0) is 38.5 Å². The van der Waals surface area contributed by atoms with E-state index in [9.17, 15) is 0 Å². The minimum Gasteiger partial charge on any atom is -0.319 e. The topological polar surface area (TPSA) is 34.0 Å². The zero-order valence-corrected chi connectivity index (χ0v) is 11.4. The van der Waals surface area contributed by atoms with Crippen LogP contribution < -0.4 is 0 Å². The second-order valence-electron chi connectivity index (χ2n) is 5.58. The number of piperidine rings is 1. The summed E-state index contributed by atoms with van der Waals surface area (Å²) in [7, 11) is 2.20. The summed E-state index contributed by atoms with van der Waals surface area (Å²) >= 11 is 0. The SMILES string of the molecule is CN1CCC(Cn2cnnc2)(c2ccccc2)CC1. The van der Waals surface area contributed by atoms with E-state index < -0.39 is 0 Å². The lowest BCUT2D eigenvalue weighted by atomic mass is 9.72. The van der Waals surface area contributed by atoms with E-state index in [0.29, 0.717) is 0 Å². The molecule has 0 aliphatic carbocycles. The van der Waals surface area contributed by atoms with Crippen LogP contribution in [-0.2, 0) is 12.0 Å². The predicted octanol–water partition coefficient (Wildman–Crippen LogP) is 1.94. The van der Waals surface area contributed by atoms with E-state index in [1.165, 1.54) is 18.4 Å². The van der Waals surface area contributed by atoms with Crippen LogP contribution >= 0.6 is 0 Å². The zero-order chi connectivity index (χ0) is 13.1. The number of likely N-dealkylation sites (tertiary alicyclic amines) is 1. The van der Waals surface area contributed by atoms with E-state index in [4.69, 9.17) is 0 Å². The molecule has 1 aliphatic rings. The summed E-state index contributed by atoms with van der Waals surface area (Å²) in [6, 6.07) is 10.9. The summed E-state index contributed by atoms with van der Waals surface area (Å²) < 4.78 is 2.11. The lowest BCUT2D eigenvalue weighted by Gasteiger charge is -2.41. The van der Waals surface area contributed by atoms with Gasteiger partial charge in [0.1, 0.15) is 12.7 Å². The van der Waals surface area contributed by atoms with E-state index in [2.05, 4.69) is 57.0 Å². The van der Waals surface area contributed by atoms with Gasteiger partial charge in [0.2, 0.25) is 0 Å². The third kappa shape index (κ3) is 2.54. The summed E-state index contributed by atoms with van der Waals surface area (Å²) in [5.74, 6) is 0. The molecule has 4 heteroatoms. The van der Waals surface area contributed by atoms with Crippen LogP contribution in [0.25, 0.3) is 0 Å². The minimum atomic E-state index is 0.218. The molecule has 3 rings (SSSR count). The summed E-state index contributed by atoms with van der Waals surface area (Å²) in [6.45, 7) is 3.27. The van der Waals surface area contributed by atoms with Crippen molar-refractivity contribution in [2.45, 2.75) is 24.8 Å². The smallest absolute Gasteiger partial charge is 0.119 e. The molecule has 2 aromatic rings. The predicted molar refractivity (Wildman–Crippen MR) is 74.9 cm³/mol. The fourth-order valence-corrected chi connectivity index (χ4v) is 3.03. The molecule has 0 amide bonds. The monoisotopic (exact) mass is 256 g/mol. The third-order valence-corrected chi connectivity index (χ3v) is 4.28. The average Bonchev–Trinajstić information content (AvgIpc) is 2.95. The molecule has 0 radical (unpaired) electrons. The Morgan fingerprint density at radius 1 is 1.05 bits per heavy atom. The molecule has 19 heavy (non-hydrogen) atoms. The molecule has 0 spiro atoms. The zero-order valence-electron chi connectivity index (χ0n) is 11.4. The first kappa shape index (κ1) is 12.4. The molecule has 0 bridgehead atoms. The molecule has 1 fully saturated rings. The normalized spacial score (nSPS) is 19.4. The van der Waals surface area contributed by atoms with Gasteiger partial charge < -0.3 is 9.47 Å². The molecular formula is C15H20N4. The van der Waals surface area contributed by atoms with Gasteiger partial charge >= 0.3 is 0 Å². The van der Waals surface area contributed by atoms with Gasteiger partial charge in [-0.25, -0.2) is 0 Å². The van der Waals surface area contributed by atoms with E-state index in [1.807, 2.05) is 12.7 Å². The van der Waals surface area contributed by atoms with Crippen molar-refractivity contribution < 1.29 is 0 Å². The molecule has 0 unspecified atom stereocenters. The van der Waals surface area contributed by atoms with E-state index in [0.717, 1.165) is 19.6 Å². The lowest BCUT2D eigenvalue weighted by molar-refractivity contribution is 0.169. The highest BCUT2D eigenvalue weighted by molar-refractivity contribution is 5.26. The Balaban J connectivity index is 1.91. The van der Waals surface area contributed by atoms with Crippen molar-refractivity contribution in [1.29, 1.82) is 0 Å². The van der Waals surface area contributed by atoms with Gasteiger partial charge in [0.15, 0.2) is 0 Å². The highest BCUT2D eigenvalue weighted by Crippen LogP contribution is 2.36. The Morgan fingerprint density at radius 2 is 1.68 bits per heavy atom. The molecular weight excluding hydrogens is 236 g/mol. The molecule has 0 N–H and O–H groups in total. The van der Waals surface area contributed by atoms with Crippen LogP contribution in [0, 0.1) is 0 Å². The first-order chi connectivity index (χ1) is 9.28. The van der Waals surface area contributed by atoms with Crippen LogP contribution in [0.4, 0.5) is 0 Å². The van der Waals surface area contributed by atoms with Crippen molar-refractivity contribution in [3.8, 4) is 0 Å². The largest absolute Gasteiger partial charge is 0.319 e. The van der Waals surface area contributed by atoms with Gasteiger partial charge in [-0.15, -0.1) is 10.2 Å². The summed E-state index contributed by atoms with van der Waals surface area (Å²) in [4.78, 5) is 2.41. The highest BCUT2D eigenvalue weighted by atomic mass is 15.2. The van der Waals surface area contributed by atoms with Crippen LogP contribution in [0.5, 0.6) is 0 Å². The number of nitrogens with zero attached hydrogens (tertiary/aromatic N) is 4. The number of hydrogen-bond acceptors (Lipinski definition) is 3. The lowest BCUT2D eigenvalue weighted by Crippen LogP contribution is -2.43. The average molecular weight is 256 g/mol. The fraction of sp³-hybridized carbons (Fsp3) is 0.467. The summed E-state index contributed by atoms with van der Waals surface area (Å²) in [5, 5.41) is 7.86. The van der Waals surface area contributed by atoms with Gasteiger partial charge in [-0.1, -0.05) is 30.3 Å². The van der Waals surface area contributed by atoms with Gasteiger partial charge in [0.05, 0.1) is 0 Å². The number of hydrogen-bond donors (Lipinski definition) is 0. The minimum absolute atomic E-state index is 0.218. The second kappa shape index (κ2) is 5.13. The first-order valence-corrected chi connectivity index (χ1v) is 6.85. The Bertz CT molecular complexity index is 498. The quantitative estimate of drug-likeness (QED) is 0.841. The van der Waals surface area contributed by atoms with Crippen molar-refractivity contribution in [3.63, 3.8) is 0 Å². The van der Waals surface area contributed by atoms with Gasteiger partial charge in [0, 0.05) is 12.0 Å².